The van der Waals surface area contributed by atoms with E-state index < -0.39 is 43.8 Å². The van der Waals surface area contributed by atoms with Crippen molar-refractivity contribution in [2.24, 2.45) is 9.54 Å². The van der Waals surface area contributed by atoms with Crippen molar-refractivity contribution in [1.82, 2.24) is 0 Å². The Bertz CT molecular complexity index is 1420. The topological polar surface area (TPSA) is 174 Å². The Morgan fingerprint density at radius 3 is 2.38 bits per heavy atom. The van der Waals surface area contributed by atoms with Crippen LogP contribution in [-0.4, -0.2) is 63.8 Å². The molecular formula is C23H28FN4NaO6S2. The second-order valence-corrected chi connectivity index (χ2v) is 11.7. The number of halogens is 1. The molecule has 1 aliphatic carbocycles. The van der Waals surface area contributed by atoms with E-state index in [4.69, 9.17) is 5.14 Å². The molecule has 37 heavy (non-hydrogen) atoms. The predicted molar refractivity (Wildman–Crippen MR) is 145 cm³/mol. The zero-order chi connectivity index (χ0) is 26.5. The van der Waals surface area contributed by atoms with Crippen molar-refractivity contribution in [3.05, 3.63) is 58.9 Å². The molecule has 0 aromatic heterocycles. The number of rotatable bonds is 7. The molecule has 0 spiro atoms. The van der Waals surface area contributed by atoms with Gasteiger partial charge in [0.25, 0.3) is 10.2 Å². The van der Waals surface area contributed by atoms with Crippen LogP contribution in [0.1, 0.15) is 50.7 Å². The van der Waals surface area contributed by atoms with Crippen LogP contribution in [0, 0.1) is 5.82 Å². The summed E-state index contributed by atoms with van der Waals surface area (Å²) in [6.45, 7) is 3.84. The number of Topliss-reactive ketones (excluding diaryl/α,β-unsaturated/α-hetero) is 1. The number of fused-ring (bicyclic) bond motifs is 2. The molecule has 0 amide bonds. The molecule has 10 nitrogen and oxygen atoms in total. The Hall–Kier alpha value is -1.97. The first-order chi connectivity index (χ1) is 16.8. The molecule has 0 unspecified atom stereocenters. The molecule has 0 radical (unpaired) electrons. The van der Waals surface area contributed by atoms with Crippen molar-refractivity contribution in [2.45, 2.75) is 49.8 Å². The van der Waals surface area contributed by atoms with Gasteiger partial charge in [0, 0.05) is 5.56 Å². The van der Waals surface area contributed by atoms with E-state index in [0.717, 1.165) is 12.1 Å². The van der Waals surface area contributed by atoms with Crippen LogP contribution in [0.5, 0.6) is 0 Å². The summed E-state index contributed by atoms with van der Waals surface area (Å²) in [4.78, 5) is 13.9. The van der Waals surface area contributed by atoms with E-state index in [2.05, 4.69) is 9.71 Å². The fourth-order valence-electron chi connectivity index (χ4n) is 4.94. The maximum atomic E-state index is 14.2. The summed E-state index contributed by atoms with van der Waals surface area (Å²) in [5.41, 5.74) is -0.569. The Labute approximate surface area is 238 Å². The molecule has 7 N–H and O–H groups in total. The number of benzene rings is 2. The number of nitrogens with zero attached hydrogens (tertiary/aromatic N) is 1. The second kappa shape index (κ2) is 10.7. The van der Waals surface area contributed by atoms with Crippen molar-refractivity contribution in [3.8, 4) is 0 Å². The second-order valence-electron chi connectivity index (χ2n) is 8.77. The Kier molecular flexibility index (Phi) is 8.52. The summed E-state index contributed by atoms with van der Waals surface area (Å²) in [5, 5.41) is 19.0. The molecule has 2 aromatic rings. The molecule has 2 aliphatic rings. The van der Waals surface area contributed by atoms with Gasteiger partial charge < -0.3 is 10.4 Å². The van der Waals surface area contributed by atoms with E-state index in [-0.39, 0.29) is 62.8 Å². The molecule has 0 saturated heterocycles. The van der Waals surface area contributed by atoms with Gasteiger partial charge in [-0.25, -0.2) is 9.53 Å². The van der Waals surface area contributed by atoms with Crippen LogP contribution in [-0.2, 0) is 20.4 Å². The van der Waals surface area contributed by atoms with Crippen LogP contribution in [0.2, 0.25) is 0 Å². The van der Waals surface area contributed by atoms with E-state index in [1.807, 2.05) is 18.6 Å². The fourth-order valence-corrected chi connectivity index (χ4v) is 6.59. The molecule has 1 heterocycles. The molecule has 2 aromatic carbocycles. The standard InChI is InChI=1S/C23H27FN4O6S2.Na.H/c1-3-9-23(10-4-2)16-7-5-13(24)11-15(16)20(29)19(21(23)30)22-26-17-8-6-14(27-36(25,33)34)12-18(17)35(31,32)28-22;;/h5-8,11-12,27,29,31-32H,3-4,9-10H2,1-2H3,(H,26,28)(H2,25,33,34);;. The van der Waals surface area contributed by atoms with Gasteiger partial charge in [-0.15, -0.1) is 4.40 Å². The van der Waals surface area contributed by atoms with Gasteiger partial charge in [0.15, 0.2) is 11.6 Å². The van der Waals surface area contributed by atoms with Crippen LogP contribution < -0.4 is 15.2 Å². The normalized spacial score (nSPS) is 18.5. The predicted octanol–water partition coefficient (Wildman–Crippen LogP) is 4.03. The maximum absolute atomic E-state index is 14.2. The first-order valence-electron chi connectivity index (χ1n) is 11.2. The number of aliphatic hydroxyl groups excluding tert-OH is 1. The monoisotopic (exact) mass is 562 g/mol. The number of nitrogens with two attached hydrogens (primary N) is 1. The molecule has 0 atom stereocenters. The molecular weight excluding hydrogens is 534 g/mol. The average molecular weight is 563 g/mol. The van der Waals surface area contributed by atoms with Gasteiger partial charge >= 0.3 is 29.6 Å². The third-order valence-corrected chi connectivity index (χ3v) is 8.13. The molecule has 0 saturated carbocycles. The number of nitrogens with one attached hydrogen (secondary N) is 2. The summed E-state index contributed by atoms with van der Waals surface area (Å²) in [5.74, 6) is -1.85. The van der Waals surface area contributed by atoms with Crippen molar-refractivity contribution in [1.29, 1.82) is 0 Å². The van der Waals surface area contributed by atoms with Gasteiger partial charge in [-0.1, -0.05) is 43.5 Å². The number of carbonyl (C=O) groups excluding carboxylic acids is 1. The average Bonchev–Trinajstić information content (AvgIpc) is 2.77. The van der Waals surface area contributed by atoms with Crippen molar-refractivity contribution in [2.75, 3.05) is 10.0 Å². The number of amidine groups is 1. The number of hydrogen-bond donors (Lipinski definition) is 6. The van der Waals surface area contributed by atoms with Crippen LogP contribution in [0.3, 0.4) is 0 Å². The van der Waals surface area contributed by atoms with Crippen molar-refractivity contribution in [3.63, 3.8) is 0 Å². The fraction of sp³-hybridized carbons (Fsp3) is 0.304. The summed E-state index contributed by atoms with van der Waals surface area (Å²) < 4.78 is 64.6. The summed E-state index contributed by atoms with van der Waals surface area (Å²) in [6, 6.07) is 7.76. The van der Waals surface area contributed by atoms with Crippen LogP contribution in [0.15, 0.2) is 51.3 Å². The van der Waals surface area contributed by atoms with Gasteiger partial charge in [0.2, 0.25) is 0 Å². The van der Waals surface area contributed by atoms with E-state index in [1.54, 1.807) is 0 Å². The first-order valence-corrected chi connectivity index (χ1v) is 14.3. The van der Waals surface area contributed by atoms with E-state index in [0.29, 0.717) is 31.2 Å². The minimum absolute atomic E-state index is 0. The minimum atomic E-state index is -4.12. The number of aliphatic hydroxyl groups is 1. The molecule has 0 bridgehead atoms. The number of anilines is 2. The Morgan fingerprint density at radius 2 is 1.78 bits per heavy atom. The third kappa shape index (κ3) is 5.45. The van der Waals surface area contributed by atoms with Gasteiger partial charge in [0.1, 0.15) is 22.0 Å². The molecule has 0 fully saturated rings. The molecule has 14 heteroatoms. The Morgan fingerprint density at radius 1 is 1.14 bits per heavy atom. The van der Waals surface area contributed by atoms with Gasteiger partial charge in [-0.2, -0.15) is 8.42 Å². The zero-order valence-corrected chi connectivity index (χ0v) is 21.2. The SMILES string of the molecule is CCCC1(CCC)C(=O)C(C2=NS(O)(O)c3cc(NS(N)(=O)=O)ccc3N2)=C(O)c2cc(F)ccc21.[NaH]. The van der Waals surface area contributed by atoms with Gasteiger partial charge in [-0.3, -0.25) is 18.6 Å². The van der Waals surface area contributed by atoms with Crippen LogP contribution in [0.4, 0.5) is 15.8 Å². The quantitative estimate of drug-likeness (QED) is 0.276. The van der Waals surface area contributed by atoms with Crippen molar-refractivity contribution < 1.29 is 31.8 Å². The Balaban J connectivity index is 0.00000380. The summed E-state index contributed by atoms with van der Waals surface area (Å²) in [7, 11) is -8.05. The molecule has 1 aliphatic heterocycles. The van der Waals surface area contributed by atoms with Crippen molar-refractivity contribution >= 4 is 79.3 Å². The van der Waals surface area contributed by atoms with E-state index in [1.165, 1.54) is 24.3 Å². The number of ketones is 1. The van der Waals surface area contributed by atoms with Crippen LogP contribution in [0.25, 0.3) is 5.76 Å². The van der Waals surface area contributed by atoms with Gasteiger partial charge in [0.05, 0.1) is 16.8 Å². The molecule has 196 valence electrons. The molecule has 4 rings (SSSR count). The zero-order valence-electron chi connectivity index (χ0n) is 19.6. The van der Waals surface area contributed by atoms with Gasteiger partial charge in [-0.05, 0) is 48.7 Å². The van der Waals surface area contributed by atoms with E-state index >= 15 is 0 Å². The third-order valence-electron chi connectivity index (χ3n) is 6.25. The summed E-state index contributed by atoms with van der Waals surface area (Å²) >= 11 is 0. The number of carbonyl (C=O) groups is 1. The summed E-state index contributed by atoms with van der Waals surface area (Å²) in [6.07, 6.45) is 2.12. The number of hydrogen-bond acceptors (Lipinski definition) is 8. The van der Waals surface area contributed by atoms with Crippen LogP contribution >= 0.6 is 10.8 Å². The first kappa shape index (κ1) is 29.6. The van der Waals surface area contributed by atoms with E-state index in [9.17, 15) is 31.8 Å².